The zero-order valence-corrected chi connectivity index (χ0v) is 16.6. The molecule has 6 nitrogen and oxygen atoms in total. The number of amides is 1. The van der Waals surface area contributed by atoms with E-state index in [9.17, 15) is 4.79 Å². The van der Waals surface area contributed by atoms with E-state index in [4.69, 9.17) is 4.42 Å². The van der Waals surface area contributed by atoms with Gasteiger partial charge >= 0.3 is 0 Å². The highest BCUT2D eigenvalue weighted by Crippen LogP contribution is 2.30. The maximum absolute atomic E-state index is 11.8. The monoisotopic (exact) mass is 416 g/mol. The minimum Gasteiger partial charge on any atom is -0.465 e. The normalized spacial score (nSPS) is 11.4. The third-order valence-electron chi connectivity index (χ3n) is 3.07. The van der Waals surface area contributed by atoms with E-state index in [1.165, 1.54) is 34.9 Å². The van der Waals surface area contributed by atoms with Crippen molar-refractivity contribution in [1.29, 1.82) is 0 Å². The molecule has 2 aromatic heterocycles. The SMILES string of the molecule is O=C(CSc1nnc(SCc2ccccc2)s1)N/N=C\C=C/c1ccco1. The summed E-state index contributed by atoms with van der Waals surface area (Å²) in [6.45, 7) is 0. The van der Waals surface area contributed by atoms with Crippen LogP contribution in [-0.2, 0) is 10.5 Å². The molecule has 138 valence electrons. The second kappa shape index (κ2) is 10.7. The molecule has 2 heterocycles. The summed E-state index contributed by atoms with van der Waals surface area (Å²) in [7, 11) is 0. The fourth-order valence-corrected chi connectivity index (χ4v) is 4.64. The lowest BCUT2D eigenvalue weighted by Gasteiger charge is -1.97. The molecular weight excluding hydrogens is 400 g/mol. The Morgan fingerprint density at radius 2 is 1.96 bits per heavy atom. The number of furan rings is 1. The second-order valence-electron chi connectivity index (χ2n) is 5.08. The van der Waals surface area contributed by atoms with Crippen molar-refractivity contribution in [3.8, 4) is 0 Å². The van der Waals surface area contributed by atoms with Crippen molar-refractivity contribution in [1.82, 2.24) is 15.6 Å². The van der Waals surface area contributed by atoms with E-state index < -0.39 is 0 Å². The average Bonchev–Trinajstić information content (AvgIpc) is 3.37. The van der Waals surface area contributed by atoms with E-state index in [1.807, 2.05) is 24.3 Å². The predicted octanol–water partition coefficient (Wildman–Crippen LogP) is 4.33. The van der Waals surface area contributed by atoms with Crippen molar-refractivity contribution in [2.75, 3.05) is 5.75 Å². The molecule has 1 amide bonds. The number of nitrogens with one attached hydrogen (secondary N) is 1. The topological polar surface area (TPSA) is 80.4 Å². The van der Waals surface area contributed by atoms with Crippen molar-refractivity contribution in [3.05, 3.63) is 66.1 Å². The van der Waals surface area contributed by atoms with Crippen molar-refractivity contribution < 1.29 is 9.21 Å². The van der Waals surface area contributed by atoms with Gasteiger partial charge in [-0.15, -0.1) is 10.2 Å². The van der Waals surface area contributed by atoms with Gasteiger partial charge in [0.2, 0.25) is 0 Å². The number of hydrogen-bond donors (Lipinski definition) is 1. The van der Waals surface area contributed by atoms with Crippen LogP contribution in [0.2, 0.25) is 0 Å². The third-order valence-corrected chi connectivity index (χ3v) is 6.33. The third kappa shape index (κ3) is 7.05. The molecule has 0 unspecified atom stereocenters. The Labute approximate surface area is 169 Å². The molecule has 0 bridgehead atoms. The van der Waals surface area contributed by atoms with Gasteiger partial charge in [-0.2, -0.15) is 5.10 Å². The summed E-state index contributed by atoms with van der Waals surface area (Å²) in [6.07, 6.45) is 6.52. The Balaban J connectivity index is 1.36. The average molecular weight is 417 g/mol. The minimum absolute atomic E-state index is 0.198. The van der Waals surface area contributed by atoms with Gasteiger partial charge in [-0.25, -0.2) is 5.43 Å². The number of carbonyl (C=O) groups excluding carboxylic acids is 1. The smallest absolute Gasteiger partial charge is 0.250 e. The highest BCUT2D eigenvalue weighted by atomic mass is 32.2. The molecule has 0 atom stereocenters. The van der Waals surface area contributed by atoms with Crippen LogP contribution in [0.4, 0.5) is 0 Å². The van der Waals surface area contributed by atoms with Gasteiger partial charge in [-0.3, -0.25) is 4.79 Å². The van der Waals surface area contributed by atoms with Crippen LogP contribution < -0.4 is 5.43 Å². The number of nitrogens with zero attached hydrogens (tertiary/aromatic N) is 3. The van der Waals surface area contributed by atoms with Gasteiger partial charge in [0, 0.05) is 12.0 Å². The fraction of sp³-hybridized carbons (Fsp3) is 0.111. The molecule has 27 heavy (non-hydrogen) atoms. The van der Waals surface area contributed by atoms with Gasteiger partial charge in [0.25, 0.3) is 5.91 Å². The molecule has 3 rings (SSSR count). The van der Waals surface area contributed by atoms with Crippen LogP contribution in [0.3, 0.4) is 0 Å². The summed E-state index contributed by atoms with van der Waals surface area (Å²) in [4.78, 5) is 11.8. The van der Waals surface area contributed by atoms with Crippen molar-refractivity contribution in [2.45, 2.75) is 14.4 Å². The molecule has 1 aromatic carbocycles. The van der Waals surface area contributed by atoms with Crippen LogP contribution in [0, 0.1) is 0 Å². The van der Waals surface area contributed by atoms with Crippen LogP contribution in [0.15, 0.2) is 73.0 Å². The Kier molecular flexibility index (Phi) is 7.69. The molecule has 0 saturated carbocycles. The number of thioether (sulfide) groups is 2. The first-order valence-corrected chi connectivity index (χ1v) is 10.7. The maximum Gasteiger partial charge on any atom is 0.250 e. The molecule has 0 aliphatic rings. The van der Waals surface area contributed by atoms with Gasteiger partial charge in [0.1, 0.15) is 5.76 Å². The molecule has 9 heteroatoms. The highest BCUT2D eigenvalue weighted by molar-refractivity contribution is 8.03. The lowest BCUT2D eigenvalue weighted by Crippen LogP contribution is -2.19. The van der Waals surface area contributed by atoms with E-state index in [-0.39, 0.29) is 11.7 Å². The van der Waals surface area contributed by atoms with E-state index in [2.05, 4.69) is 32.9 Å². The number of hydrogen-bond acceptors (Lipinski definition) is 8. The summed E-state index contributed by atoms with van der Waals surface area (Å²) in [6, 6.07) is 13.8. The number of carbonyl (C=O) groups is 1. The Bertz CT molecular complexity index is 892. The van der Waals surface area contributed by atoms with Gasteiger partial charge in [0.15, 0.2) is 8.68 Å². The van der Waals surface area contributed by atoms with Gasteiger partial charge in [0.05, 0.1) is 12.0 Å². The predicted molar refractivity (Wildman–Crippen MR) is 111 cm³/mol. The summed E-state index contributed by atoms with van der Waals surface area (Å²) in [5.74, 6) is 1.61. The zero-order chi connectivity index (χ0) is 18.7. The fourth-order valence-electron chi connectivity index (χ4n) is 1.87. The Morgan fingerprint density at radius 3 is 2.74 bits per heavy atom. The standard InChI is InChI=1S/C18H16N4O2S3/c23-16(20-19-10-4-8-15-9-5-11-24-15)13-26-18-22-21-17(27-18)25-12-14-6-2-1-3-7-14/h1-11H,12-13H2,(H,20,23)/b8-4-,19-10-. The lowest BCUT2D eigenvalue weighted by atomic mass is 10.2. The summed E-state index contributed by atoms with van der Waals surface area (Å²) in [5.41, 5.74) is 3.71. The molecule has 3 aromatic rings. The number of allylic oxidation sites excluding steroid dienone is 1. The lowest BCUT2D eigenvalue weighted by molar-refractivity contribution is -0.118. The summed E-state index contributed by atoms with van der Waals surface area (Å²) in [5, 5.41) is 12.1. The van der Waals surface area contributed by atoms with E-state index in [0.29, 0.717) is 0 Å². The second-order valence-corrected chi connectivity index (χ2v) is 8.51. The van der Waals surface area contributed by atoms with Crippen molar-refractivity contribution in [3.63, 3.8) is 0 Å². The number of benzene rings is 1. The first-order valence-electron chi connectivity index (χ1n) is 7.95. The Morgan fingerprint density at radius 1 is 1.15 bits per heavy atom. The molecule has 0 fully saturated rings. The van der Waals surface area contributed by atoms with E-state index in [1.54, 1.807) is 36.2 Å². The van der Waals surface area contributed by atoms with Gasteiger partial charge < -0.3 is 4.42 Å². The molecular formula is C18H16N4O2S3. The first-order chi connectivity index (χ1) is 13.3. The molecule has 1 N–H and O–H groups in total. The van der Waals surface area contributed by atoms with E-state index in [0.717, 1.165) is 20.2 Å². The van der Waals surface area contributed by atoms with Crippen LogP contribution in [0.5, 0.6) is 0 Å². The highest BCUT2D eigenvalue weighted by Gasteiger charge is 2.08. The summed E-state index contributed by atoms with van der Waals surface area (Å²) >= 11 is 4.47. The van der Waals surface area contributed by atoms with Crippen molar-refractivity contribution in [2.24, 2.45) is 5.10 Å². The molecule has 0 aliphatic carbocycles. The molecule has 0 radical (unpaired) electrons. The quantitative estimate of drug-likeness (QED) is 0.318. The van der Waals surface area contributed by atoms with Gasteiger partial charge in [-0.1, -0.05) is 65.2 Å². The molecule has 0 spiro atoms. The van der Waals surface area contributed by atoms with Crippen LogP contribution in [0.1, 0.15) is 11.3 Å². The molecule has 0 saturated heterocycles. The van der Waals surface area contributed by atoms with Gasteiger partial charge in [-0.05, 0) is 29.8 Å². The zero-order valence-electron chi connectivity index (χ0n) is 14.1. The maximum atomic E-state index is 11.8. The first kappa shape index (κ1) is 19.4. The van der Waals surface area contributed by atoms with Crippen LogP contribution >= 0.6 is 34.9 Å². The largest absolute Gasteiger partial charge is 0.465 e. The van der Waals surface area contributed by atoms with Crippen molar-refractivity contribution >= 4 is 53.1 Å². The van der Waals surface area contributed by atoms with Crippen LogP contribution in [0.25, 0.3) is 6.08 Å². The number of rotatable bonds is 9. The minimum atomic E-state index is -0.198. The molecule has 0 aliphatic heterocycles. The van der Waals surface area contributed by atoms with Crippen LogP contribution in [-0.4, -0.2) is 28.1 Å². The number of hydrazone groups is 1. The summed E-state index contributed by atoms with van der Waals surface area (Å²) < 4.78 is 6.80. The number of aromatic nitrogens is 2. The Hall–Kier alpha value is -2.36. The van der Waals surface area contributed by atoms with E-state index >= 15 is 0 Å².